The summed E-state index contributed by atoms with van der Waals surface area (Å²) in [6, 6.07) is 18.4. The Bertz CT molecular complexity index is 1300. The minimum Gasteiger partial charge on any atom is -0.494 e. The number of amides is 3. The van der Waals surface area contributed by atoms with Crippen LogP contribution in [-0.2, 0) is 14.4 Å². The number of rotatable bonds is 11. The Morgan fingerprint density at radius 2 is 1.68 bits per heavy atom. The molecule has 3 N–H and O–H groups in total. The molecule has 0 radical (unpaired) electrons. The van der Waals surface area contributed by atoms with E-state index in [1.807, 2.05) is 6.92 Å². The highest BCUT2D eigenvalue weighted by Crippen LogP contribution is 2.28. The van der Waals surface area contributed by atoms with Gasteiger partial charge in [0.05, 0.1) is 30.6 Å². The fourth-order valence-corrected chi connectivity index (χ4v) is 3.22. The van der Waals surface area contributed by atoms with E-state index in [-0.39, 0.29) is 6.61 Å². The Morgan fingerprint density at radius 1 is 0.921 bits per heavy atom. The van der Waals surface area contributed by atoms with Crippen LogP contribution in [0.5, 0.6) is 17.2 Å². The normalized spacial score (nSPS) is 10.5. The van der Waals surface area contributed by atoms with Crippen LogP contribution in [0, 0.1) is 0 Å². The van der Waals surface area contributed by atoms with Gasteiger partial charge in [0, 0.05) is 5.69 Å². The van der Waals surface area contributed by atoms with Crippen molar-refractivity contribution in [1.29, 1.82) is 0 Å². The molecule has 3 aromatic rings. The number of anilines is 2. The molecule has 0 spiro atoms. The van der Waals surface area contributed by atoms with Gasteiger partial charge in [-0.1, -0.05) is 30.7 Å². The fourth-order valence-electron chi connectivity index (χ4n) is 3.03. The molecule has 38 heavy (non-hydrogen) atoms. The Balaban J connectivity index is 1.49. The van der Waals surface area contributed by atoms with Crippen LogP contribution in [0.2, 0.25) is 5.02 Å². The maximum atomic E-state index is 12.2. The number of hydrazone groups is 1. The summed E-state index contributed by atoms with van der Waals surface area (Å²) >= 11 is 6.04. The minimum absolute atomic E-state index is 0.269. The fraction of sp³-hybridized carbons (Fsp3) is 0.185. The van der Waals surface area contributed by atoms with Gasteiger partial charge in [0.15, 0.2) is 18.1 Å². The highest BCUT2D eigenvalue weighted by Gasteiger charge is 2.13. The van der Waals surface area contributed by atoms with Crippen molar-refractivity contribution in [1.82, 2.24) is 5.43 Å². The van der Waals surface area contributed by atoms with Crippen LogP contribution in [0.25, 0.3) is 0 Å². The van der Waals surface area contributed by atoms with Crippen molar-refractivity contribution < 1.29 is 28.6 Å². The molecule has 0 bridgehead atoms. The lowest BCUT2D eigenvalue weighted by Crippen LogP contribution is -2.32. The van der Waals surface area contributed by atoms with Crippen molar-refractivity contribution in [2.75, 3.05) is 31.0 Å². The first-order valence-corrected chi connectivity index (χ1v) is 12.0. The molecule has 0 unspecified atom stereocenters. The zero-order valence-corrected chi connectivity index (χ0v) is 21.6. The van der Waals surface area contributed by atoms with E-state index in [0.717, 1.165) is 6.42 Å². The molecule has 0 saturated heterocycles. The summed E-state index contributed by atoms with van der Waals surface area (Å²) in [6.07, 6.45) is 2.22. The first-order valence-electron chi connectivity index (χ1n) is 11.6. The molecule has 0 saturated carbocycles. The molecular formula is C27H27ClN4O6. The van der Waals surface area contributed by atoms with Crippen molar-refractivity contribution in [2.45, 2.75) is 13.3 Å². The second-order valence-electron chi connectivity index (χ2n) is 7.75. The molecule has 10 nitrogen and oxygen atoms in total. The van der Waals surface area contributed by atoms with Crippen LogP contribution < -0.4 is 30.3 Å². The first-order chi connectivity index (χ1) is 18.4. The van der Waals surface area contributed by atoms with E-state index in [1.54, 1.807) is 66.7 Å². The van der Waals surface area contributed by atoms with Crippen LogP contribution in [0.3, 0.4) is 0 Å². The molecule has 0 atom stereocenters. The second kappa shape index (κ2) is 14.2. The van der Waals surface area contributed by atoms with Gasteiger partial charge < -0.3 is 24.8 Å². The third-order valence-electron chi connectivity index (χ3n) is 4.87. The van der Waals surface area contributed by atoms with Gasteiger partial charge in [-0.2, -0.15) is 5.10 Å². The molecule has 0 aliphatic carbocycles. The smallest absolute Gasteiger partial charge is 0.329 e. The summed E-state index contributed by atoms with van der Waals surface area (Å²) in [4.78, 5) is 36.4. The minimum atomic E-state index is -0.941. The van der Waals surface area contributed by atoms with Crippen LogP contribution in [-0.4, -0.2) is 44.3 Å². The number of methoxy groups -OCH3 is 1. The number of nitrogens with zero attached hydrogens (tertiary/aromatic N) is 1. The lowest BCUT2D eigenvalue weighted by molar-refractivity contribution is -0.136. The summed E-state index contributed by atoms with van der Waals surface area (Å²) in [5.74, 6) is -0.869. The maximum absolute atomic E-state index is 12.2. The lowest BCUT2D eigenvalue weighted by Gasteiger charge is -2.12. The van der Waals surface area contributed by atoms with E-state index in [2.05, 4.69) is 21.2 Å². The van der Waals surface area contributed by atoms with E-state index in [1.165, 1.54) is 13.3 Å². The van der Waals surface area contributed by atoms with E-state index in [4.69, 9.17) is 25.8 Å². The van der Waals surface area contributed by atoms with Gasteiger partial charge >= 0.3 is 11.8 Å². The van der Waals surface area contributed by atoms with Crippen molar-refractivity contribution in [3.8, 4) is 17.2 Å². The Labute approximate surface area is 224 Å². The summed E-state index contributed by atoms with van der Waals surface area (Å²) in [5.41, 5.74) is 3.64. The highest BCUT2D eigenvalue weighted by atomic mass is 35.5. The Morgan fingerprint density at radius 3 is 2.39 bits per heavy atom. The molecular weight excluding hydrogens is 512 g/mol. The molecule has 3 aromatic carbocycles. The maximum Gasteiger partial charge on any atom is 0.329 e. The molecule has 3 rings (SSSR count). The van der Waals surface area contributed by atoms with Gasteiger partial charge in [-0.25, -0.2) is 5.43 Å². The molecule has 0 aliphatic rings. The molecule has 0 heterocycles. The van der Waals surface area contributed by atoms with Crippen molar-refractivity contribution >= 4 is 46.9 Å². The van der Waals surface area contributed by atoms with Crippen molar-refractivity contribution in [3.63, 3.8) is 0 Å². The van der Waals surface area contributed by atoms with Gasteiger partial charge in [0.1, 0.15) is 5.75 Å². The Kier molecular flexibility index (Phi) is 10.5. The molecule has 0 aromatic heterocycles. The number of halogens is 1. The van der Waals surface area contributed by atoms with E-state index in [9.17, 15) is 14.4 Å². The van der Waals surface area contributed by atoms with Crippen molar-refractivity contribution in [2.24, 2.45) is 5.10 Å². The number of carbonyl (C=O) groups excluding carboxylic acids is 3. The average Bonchev–Trinajstić information content (AvgIpc) is 2.93. The van der Waals surface area contributed by atoms with Crippen LogP contribution in [0.15, 0.2) is 71.8 Å². The number of benzene rings is 3. The van der Waals surface area contributed by atoms with Gasteiger partial charge in [-0.05, 0) is 66.6 Å². The number of hydrogen-bond acceptors (Lipinski definition) is 7. The second-order valence-corrected chi connectivity index (χ2v) is 8.16. The highest BCUT2D eigenvalue weighted by molar-refractivity contribution is 6.39. The van der Waals surface area contributed by atoms with E-state index in [0.29, 0.717) is 45.8 Å². The van der Waals surface area contributed by atoms with Crippen LogP contribution in [0.1, 0.15) is 18.9 Å². The topological polar surface area (TPSA) is 127 Å². The van der Waals surface area contributed by atoms with Gasteiger partial charge in [-0.15, -0.1) is 0 Å². The first kappa shape index (κ1) is 28.0. The van der Waals surface area contributed by atoms with E-state index >= 15 is 0 Å². The molecule has 3 amide bonds. The molecule has 0 aliphatic heterocycles. The number of ether oxygens (including phenoxy) is 3. The standard InChI is InChI=1S/C27H27ClN4O6/c1-3-14-37-20-11-9-19(10-12-20)30-26(34)27(35)32-29-16-18-8-13-23(24(15-18)36-2)38-17-25(33)31-22-7-5-4-6-21(22)28/h4-13,15-16H,3,14,17H2,1-2H3,(H,30,34)(H,31,33)(H,32,35)/b29-16-. The zero-order chi connectivity index (χ0) is 27.3. The predicted octanol–water partition coefficient (Wildman–Crippen LogP) is 4.24. The van der Waals surface area contributed by atoms with E-state index < -0.39 is 17.7 Å². The molecule has 0 fully saturated rings. The van der Waals surface area contributed by atoms with Crippen molar-refractivity contribution in [3.05, 3.63) is 77.3 Å². The summed E-state index contributed by atoms with van der Waals surface area (Å²) in [5, 5.41) is 9.37. The predicted molar refractivity (Wildman–Crippen MR) is 145 cm³/mol. The average molecular weight is 539 g/mol. The molecule has 11 heteroatoms. The SMILES string of the molecule is CCCOc1ccc(NC(=O)C(=O)N/N=C\c2ccc(OCC(=O)Nc3ccccc3Cl)c(OC)c2)cc1. The zero-order valence-electron chi connectivity index (χ0n) is 20.8. The number of hydrogen-bond donors (Lipinski definition) is 3. The number of nitrogens with one attached hydrogen (secondary N) is 3. The van der Waals surface area contributed by atoms with Crippen LogP contribution in [0.4, 0.5) is 11.4 Å². The summed E-state index contributed by atoms with van der Waals surface area (Å²) in [6.45, 7) is 2.33. The summed E-state index contributed by atoms with van der Waals surface area (Å²) in [7, 11) is 1.45. The third-order valence-corrected chi connectivity index (χ3v) is 5.19. The number of carbonyl (C=O) groups is 3. The quantitative estimate of drug-likeness (QED) is 0.190. The monoisotopic (exact) mass is 538 g/mol. The number of para-hydroxylation sites is 1. The lowest BCUT2D eigenvalue weighted by atomic mass is 10.2. The third kappa shape index (κ3) is 8.52. The largest absolute Gasteiger partial charge is 0.494 e. The summed E-state index contributed by atoms with van der Waals surface area (Å²) < 4.78 is 16.4. The van der Waals surface area contributed by atoms with Gasteiger partial charge in [0.25, 0.3) is 5.91 Å². The Hall–Kier alpha value is -4.57. The van der Waals surface area contributed by atoms with Gasteiger partial charge in [-0.3, -0.25) is 14.4 Å². The van der Waals surface area contributed by atoms with Gasteiger partial charge in [0.2, 0.25) is 0 Å². The molecule has 198 valence electrons. The van der Waals surface area contributed by atoms with Crippen LogP contribution >= 0.6 is 11.6 Å².